The zero-order valence-electron chi connectivity index (χ0n) is 29.2. The maximum absolute atomic E-state index is 14.1. The molecule has 0 aliphatic carbocycles. The molecule has 3 aliphatic heterocycles. The fraction of sp³-hybridized carbons (Fsp3) is 0.514. The van der Waals surface area contributed by atoms with Crippen LogP contribution in [-0.4, -0.2) is 111 Å². The molecule has 2 amide bonds. The van der Waals surface area contributed by atoms with E-state index in [0.29, 0.717) is 63.7 Å². The Bertz CT molecular complexity index is 2010. The number of para-hydroxylation sites is 1. The van der Waals surface area contributed by atoms with Crippen molar-refractivity contribution in [1.82, 2.24) is 34.1 Å². The number of carbonyl (C=O) groups excluding carboxylic acids is 2. The van der Waals surface area contributed by atoms with Crippen LogP contribution in [0.1, 0.15) is 49.3 Å². The van der Waals surface area contributed by atoms with E-state index in [1.807, 2.05) is 24.3 Å². The topological polar surface area (TPSA) is 124 Å². The van der Waals surface area contributed by atoms with Crippen LogP contribution in [-0.2, 0) is 22.2 Å². The molecule has 0 bridgehead atoms. The molecule has 3 fully saturated rings. The fourth-order valence-corrected chi connectivity index (χ4v) is 8.52. The van der Waals surface area contributed by atoms with Gasteiger partial charge in [-0.15, -0.1) is 0 Å². The number of nitrogen functional groups attached to an aromatic ring is 1. The minimum absolute atomic E-state index is 0.0923. The third-order valence-electron chi connectivity index (χ3n) is 11.2. The lowest BCUT2D eigenvalue weighted by molar-refractivity contribution is -0.143. The van der Waals surface area contributed by atoms with Crippen molar-refractivity contribution < 1.29 is 22.8 Å². The Morgan fingerprint density at radius 3 is 2.33 bits per heavy atom. The number of halogens is 4. The van der Waals surface area contributed by atoms with E-state index >= 15 is 0 Å². The van der Waals surface area contributed by atoms with Gasteiger partial charge in [-0.05, 0) is 76.0 Å². The number of pyridine rings is 1. The predicted octanol–water partition coefficient (Wildman–Crippen LogP) is 4.78. The number of hydrogen-bond donors (Lipinski definition) is 2. The number of hydrogen-bond acceptors (Lipinski definition) is 7. The summed E-state index contributed by atoms with van der Waals surface area (Å²) in [4.78, 5) is 56.9. The number of alkyl halides is 3. The molecule has 0 saturated carbocycles. The smallest absolute Gasteiger partial charge is 0.397 e. The van der Waals surface area contributed by atoms with Crippen LogP contribution in [0.5, 0.6) is 0 Å². The van der Waals surface area contributed by atoms with Gasteiger partial charge in [0.1, 0.15) is 0 Å². The maximum atomic E-state index is 14.1. The first-order chi connectivity index (χ1) is 24.9. The van der Waals surface area contributed by atoms with E-state index in [1.54, 1.807) is 20.6 Å². The van der Waals surface area contributed by atoms with E-state index in [4.69, 9.17) is 17.3 Å². The van der Waals surface area contributed by atoms with Gasteiger partial charge in [-0.25, -0.2) is 4.79 Å². The number of fused-ring (bicyclic) bond motifs is 3. The number of H-pyrrole nitrogens is 1. The molecule has 3 saturated heterocycles. The minimum Gasteiger partial charge on any atom is -0.397 e. The summed E-state index contributed by atoms with van der Waals surface area (Å²) in [5.74, 6) is -1.40. The van der Waals surface area contributed by atoms with Crippen LogP contribution in [0.25, 0.3) is 21.9 Å². The molecule has 4 aromatic rings. The van der Waals surface area contributed by atoms with Crippen LogP contribution < -0.4 is 11.4 Å². The first-order valence-corrected chi connectivity index (χ1v) is 18.4. The highest BCUT2D eigenvalue weighted by molar-refractivity contribution is 6.33. The van der Waals surface area contributed by atoms with Crippen LogP contribution in [0.3, 0.4) is 0 Å². The number of anilines is 1. The van der Waals surface area contributed by atoms with Gasteiger partial charge in [-0.2, -0.15) is 13.2 Å². The summed E-state index contributed by atoms with van der Waals surface area (Å²) in [6.07, 6.45) is -0.109. The number of likely N-dealkylation sites (tertiary alicyclic amines) is 2. The average Bonchev–Trinajstić information content (AvgIpc) is 3.48. The molecule has 7 rings (SSSR count). The van der Waals surface area contributed by atoms with Gasteiger partial charge in [-0.3, -0.25) is 24.0 Å². The molecule has 0 unspecified atom stereocenters. The number of nitrogens with two attached hydrogens (primary N) is 1. The number of aromatic nitrogens is 3. The van der Waals surface area contributed by atoms with Crippen molar-refractivity contribution in [2.24, 2.45) is 5.92 Å². The molecule has 1 atom stereocenters. The summed E-state index contributed by atoms with van der Waals surface area (Å²) in [6, 6.07) is 10.2. The summed E-state index contributed by atoms with van der Waals surface area (Å²) in [5, 5.41) is 0.610. The van der Waals surface area contributed by atoms with Gasteiger partial charge in [0.15, 0.2) is 0 Å². The zero-order valence-corrected chi connectivity index (χ0v) is 29.9. The first-order valence-electron chi connectivity index (χ1n) is 18.0. The molecule has 52 heavy (non-hydrogen) atoms. The summed E-state index contributed by atoms with van der Waals surface area (Å²) >= 11 is 6.16. The molecule has 5 heterocycles. The normalized spacial score (nSPS) is 19.5. The molecule has 0 spiro atoms. The van der Waals surface area contributed by atoms with E-state index in [0.717, 1.165) is 48.4 Å². The molecular formula is C37H44ClF3N8O3. The number of carbonyl (C=O) groups is 2. The van der Waals surface area contributed by atoms with Gasteiger partial charge in [-0.1, -0.05) is 29.8 Å². The summed E-state index contributed by atoms with van der Waals surface area (Å²) < 4.78 is 43.3. The highest BCUT2D eigenvalue weighted by Gasteiger charge is 2.37. The van der Waals surface area contributed by atoms with Crippen LogP contribution >= 0.6 is 11.6 Å². The number of benzene rings is 2. The lowest BCUT2D eigenvalue weighted by atomic mass is 9.91. The van der Waals surface area contributed by atoms with Crippen molar-refractivity contribution in [3.8, 4) is 0 Å². The van der Waals surface area contributed by atoms with Crippen molar-refractivity contribution in [2.45, 2.75) is 56.8 Å². The van der Waals surface area contributed by atoms with E-state index < -0.39 is 23.3 Å². The number of aromatic amines is 1. The van der Waals surface area contributed by atoms with Crippen molar-refractivity contribution in [2.75, 3.05) is 65.1 Å². The summed E-state index contributed by atoms with van der Waals surface area (Å²) in [6.45, 7) is 5.18. The molecule has 2 aromatic heterocycles. The van der Waals surface area contributed by atoms with Crippen molar-refractivity contribution in [3.05, 3.63) is 69.2 Å². The van der Waals surface area contributed by atoms with Crippen molar-refractivity contribution >= 4 is 51.0 Å². The van der Waals surface area contributed by atoms with Gasteiger partial charge in [0.2, 0.25) is 11.8 Å². The Kier molecular flexibility index (Phi) is 10.2. The van der Waals surface area contributed by atoms with Gasteiger partial charge in [0.05, 0.1) is 44.9 Å². The van der Waals surface area contributed by atoms with Gasteiger partial charge in [0, 0.05) is 63.2 Å². The molecule has 3 N–H and O–H groups in total. The Morgan fingerprint density at radius 2 is 1.63 bits per heavy atom. The van der Waals surface area contributed by atoms with Crippen LogP contribution in [0, 0.1) is 5.92 Å². The molecule has 11 nitrogen and oxygen atoms in total. The second kappa shape index (κ2) is 14.7. The number of nitrogens with one attached hydrogen (secondary N) is 1. The average molecular weight is 741 g/mol. The Balaban J connectivity index is 1.06. The maximum Gasteiger partial charge on any atom is 0.418 e. The number of rotatable bonds is 7. The molecular weight excluding hydrogens is 697 g/mol. The number of nitrogens with zero attached hydrogens (tertiary/aromatic N) is 6. The van der Waals surface area contributed by atoms with Crippen LogP contribution in [0.4, 0.5) is 18.9 Å². The number of piperazine rings is 1. The van der Waals surface area contributed by atoms with E-state index in [9.17, 15) is 27.6 Å². The third kappa shape index (κ3) is 7.38. The molecule has 3 aliphatic rings. The first kappa shape index (κ1) is 36.2. The Morgan fingerprint density at radius 1 is 0.962 bits per heavy atom. The van der Waals surface area contributed by atoms with Gasteiger partial charge in [0.25, 0.3) is 0 Å². The van der Waals surface area contributed by atoms with Crippen LogP contribution in [0.15, 0.2) is 47.4 Å². The largest absolute Gasteiger partial charge is 0.418 e. The highest BCUT2D eigenvalue weighted by atomic mass is 35.5. The summed E-state index contributed by atoms with van der Waals surface area (Å²) in [7, 11) is 2.12. The van der Waals surface area contributed by atoms with Gasteiger partial charge >= 0.3 is 11.9 Å². The quantitative estimate of drug-likeness (QED) is 0.262. The predicted molar refractivity (Wildman–Crippen MR) is 194 cm³/mol. The number of amides is 2. The number of imidazole rings is 1. The number of piperidine rings is 2. The lowest BCUT2D eigenvalue weighted by Gasteiger charge is -2.43. The molecule has 278 valence electrons. The molecule has 15 heteroatoms. The SMILES string of the molecule is CN1CCC(N2CCN(C(=O)[C@H](CC(=O)N3CCC(n4c(=O)[nH]c5c6ccccc6ncc54)CC3)Cc3cc(Cl)c(N)c(C(F)(F)F)c3)CC2)CC1. The van der Waals surface area contributed by atoms with Crippen molar-refractivity contribution in [1.29, 1.82) is 0 Å². The lowest BCUT2D eigenvalue weighted by Crippen LogP contribution is -2.55. The highest BCUT2D eigenvalue weighted by Crippen LogP contribution is 2.39. The molecule has 2 aromatic carbocycles. The minimum atomic E-state index is -4.73. The van der Waals surface area contributed by atoms with Crippen LogP contribution in [0.2, 0.25) is 5.02 Å². The monoisotopic (exact) mass is 740 g/mol. The van der Waals surface area contributed by atoms with E-state index in [2.05, 4.69) is 26.8 Å². The zero-order chi connectivity index (χ0) is 36.7. The third-order valence-corrected chi connectivity index (χ3v) is 11.5. The van der Waals surface area contributed by atoms with Gasteiger partial charge < -0.3 is 25.4 Å². The molecule has 0 radical (unpaired) electrons. The van der Waals surface area contributed by atoms with E-state index in [-0.39, 0.29) is 47.0 Å². The Labute approximate surface area is 304 Å². The standard InChI is InChI=1S/C37H44ClF3N8O3/c1-45-10-6-25(7-11-45)46-14-16-48(17-15-46)35(51)24(18-23-19-28(37(39,40)41)33(42)29(38)20-23)21-32(50)47-12-8-26(9-13-47)49-31-22-43-30-5-3-2-4-27(30)34(31)44-36(49)52/h2-5,19-20,22,24-26H,6-18,21,42H2,1H3,(H,44,52)/t24-/m0/s1. The Hall–Kier alpha value is -4.14. The second-order valence-corrected chi connectivity index (χ2v) is 14.9. The fourth-order valence-electron chi connectivity index (χ4n) is 8.28. The van der Waals surface area contributed by atoms with Crippen molar-refractivity contribution in [3.63, 3.8) is 0 Å². The second-order valence-electron chi connectivity index (χ2n) is 14.5. The summed E-state index contributed by atoms with van der Waals surface area (Å²) in [5.41, 5.74) is 6.23. The van der Waals surface area contributed by atoms with E-state index in [1.165, 1.54) is 6.07 Å².